The van der Waals surface area contributed by atoms with Crippen LogP contribution < -0.4 is 11.5 Å². The second kappa shape index (κ2) is 6.73. The normalized spacial score (nSPS) is 29.8. The highest BCUT2D eigenvalue weighted by molar-refractivity contribution is 6.33. The number of ketones is 3. The fraction of sp³-hybridized carbons (Fsp3) is 0.333. The van der Waals surface area contributed by atoms with Gasteiger partial charge in [0.25, 0.3) is 0 Å². The summed E-state index contributed by atoms with van der Waals surface area (Å²) in [5, 5.41) is 43.6. The van der Waals surface area contributed by atoms with Gasteiger partial charge in [-0.05, 0) is 20.2 Å². The fourth-order valence-electron chi connectivity index (χ4n) is 5.05. The van der Waals surface area contributed by atoms with Gasteiger partial charge in [-0.15, -0.1) is 0 Å². The van der Waals surface area contributed by atoms with Crippen LogP contribution in [0.3, 0.4) is 0 Å². The number of carbonyl (C=O) groups excluding carboxylic acids is 4. The molecule has 0 spiro atoms. The van der Waals surface area contributed by atoms with E-state index in [9.17, 15) is 39.6 Å². The van der Waals surface area contributed by atoms with Crippen molar-refractivity contribution in [2.24, 2.45) is 17.6 Å². The summed E-state index contributed by atoms with van der Waals surface area (Å²) < 4.78 is 0. The number of carbonyl (C=O) groups is 4. The molecule has 2 aliphatic rings. The van der Waals surface area contributed by atoms with Crippen LogP contribution in [0.15, 0.2) is 18.2 Å². The highest BCUT2D eigenvalue weighted by Crippen LogP contribution is 2.54. The number of benzene rings is 2. The fourth-order valence-corrected chi connectivity index (χ4v) is 5.05. The molecule has 32 heavy (non-hydrogen) atoms. The number of hydrogen-bond donors (Lipinski definition) is 6. The van der Waals surface area contributed by atoms with Crippen LogP contribution in [0.5, 0.6) is 11.5 Å². The number of likely N-dealkylation sites (N-methyl/N-ethyl adjacent to an activating group) is 1. The summed E-state index contributed by atoms with van der Waals surface area (Å²) in [6.07, 6.45) is -1.86. The van der Waals surface area contributed by atoms with E-state index in [1.165, 1.54) is 37.2 Å². The highest BCUT2D eigenvalue weighted by atomic mass is 16.3. The molecular weight excluding hydrogens is 422 g/mol. The molecule has 4 rings (SSSR count). The molecule has 168 valence electrons. The smallest absolute Gasteiger partial charge is 0.235 e. The first-order valence-corrected chi connectivity index (χ1v) is 9.62. The minimum Gasteiger partial charge on any atom is -0.507 e. The summed E-state index contributed by atoms with van der Waals surface area (Å²) in [5.74, 6) is -10.3. The highest BCUT2D eigenvalue weighted by Gasteiger charge is 2.69. The van der Waals surface area contributed by atoms with Crippen molar-refractivity contribution >= 4 is 39.7 Å². The predicted molar refractivity (Wildman–Crippen MR) is 110 cm³/mol. The van der Waals surface area contributed by atoms with Crippen LogP contribution in [0.2, 0.25) is 0 Å². The SMILES string of the molecule is CN(C)[C@@H]1C(=O)C(C(N)=O)C(=O)[C@@]2(O)C(=O)c3c(c(N)c4cccc(O)c4c3O)[C@H](O)[C@@H]12. The van der Waals surface area contributed by atoms with Crippen LogP contribution in [-0.4, -0.2) is 74.3 Å². The van der Waals surface area contributed by atoms with Gasteiger partial charge in [0, 0.05) is 16.6 Å². The number of rotatable bonds is 2. The first-order valence-electron chi connectivity index (χ1n) is 9.62. The zero-order chi connectivity index (χ0) is 23.9. The van der Waals surface area contributed by atoms with Gasteiger partial charge in [0.2, 0.25) is 11.7 Å². The molecule has 0 radical (unpaired) electrons. The summed E-state index contributed by atoms with van der Waals surface area (Å²) in [6.45, 7) is 0. The molecule has 2 aromatic rings. The van der Waals surface area contributed by atoms with Crippen molar-refractivity contribution in [1.29, 1.82) is 0 Å². The van der Waals surface area contributed by atoms with Crippen LogP contribution in [-0.2, 0) is 14.4 Å². The van der Waals surface area contributed by atoms with Crippen molar-refractivity contribution in [3.63, 3.8) is 0 Å². The average molecular weight is 443 g/mol. The monoisotopic (exact) mass is 443 g/mol. The lowest BCUT2D eigenvalue weighted by Gasteiger charge is -2.50. The number of hydrogen-bond acceptors (Lipinski definition) is 10. The van der Waals surface area contributed by atoms with E-state index in [1.807, 2.05) is 0 Å². The van der Waals surface area contributed by atoms with Gasteiger partial charge in [-0.3, -0.25) is 24.1 Å². The van der Waals surface area contributed by atoms with Crippen molar-refractivity contribution < 1.29 is 39.6 Å². The molecule has 11 nitrogen and oxygen atoms in total. The minimum absolute atomic E-state index is 0.114. The number of Topliss-reactive ketones (excluding diaryl/α,β-unsaturated/α-hetero) is 3. The zero-order valence-corrected chi connectivity index (χ0v) is 17.1. The third-order valence-electron chi connectivity index (χ3n) is 6.45. The Bertz CT molecular complexity index is 1240. The lowest BCUT2D eigenvalue weighted by molar-refractivity contribution is -0.170. The van der Waals surface area contributed by atoms with Gasteiger partial charge in [-0.25, -0.2) is 0 Å². The zero-order valence-electron chi connectivity index (χ0n) is 17.1. The lowest BCUT2D eigenvalue weighted by Crippen LogP contribution is -2.72. The maximum absolute atomic E-state index is 13.5. The summed E-state index contributed by atoms with van der Waals surface area (Å²) in [5.41, 5.74) is 7.22. The van der Waals surface area contributed by atoms with Crippen LogP contribution in [0.4, 0.5) is 5.69 Å². The Morgan fingerprint density at radius 3 is 2.34 bits per heavy atom. The number of aliphatic hydroxyl groups excluding tert-OH is 1. The van der Waals surface area contributed by atoms with Gasteiger partial charge >= 0.3 is 0 Å². The van der Waals surface area contributed by atoms with Gasteiger partial charge in [0.05, 0.1) is 29.0 Å². The molecule has 0 heterocycles. The maximum atomic E-state index is 13.5. The molecule has 0 aromatic heterocycles. The number of nitrogen functional groups attached to an aromatic ring is 1. The number of primary amides is 1. The molecule has 8 N–H and O–H groups in total. The summed E-state index contributed by atoms with van der Waals surface area (Å²) in [4.78, 5) is 52.8. The Kier molecular flexibility index (Phi) is 4.56. The number of fused-ring (bicyclic) bond motifs is 3. The van der Waals surface area contributed by atoms with Crippen LogP contribution in [0, 0.1) is 11.8 Å². The first kappa shape index (κ1) is 21.7. The van der Waals surface area contributed by atoms with Crippen molar-refractivity contribution in [3.8, 4) is 11.5 Å². The van der Waals surface area contributed by atoms with Crippen molar-refractivity contribution in [3.05, 3.63) is 29.3 Å². The van der Waals surface area contributed by atoms with E-state index < -0.39 is 69.9 Å². The van der Waals surface area contributed by atoms with Gasteiger partial charge in [-0.2, -0.15) is 0 Å². The van der Waals surface area contributed by atoms with Gasteiger partial charge in [0.15, 0.2) is 23.1 Å². The molecule has 1 saturated carbocycles. The first-order chi connectivity index (χ1) is 14.9. The largest absolute Gasteiger partial charge is 0.507 e. The number of nitrogens with two attached hydrogens (primary N) is 2. The molecule has 0 aliphatic heterocycles. The van der Waals surface area contributed by atoms with Crippen molar-refractivity contribution in [2.45, 2.75) is 17.7 Å². The Morgan fingerprint density at radius 2 is 1.78 bits per heavy atom. The Morgan fingerprint density at radius 1 is 1.16 bits per heavy atom. The number of anilines is 1. The second-order valence-electron chi connectivity index (χ2n) is 8.33. The summed E-state index contributed by atoms with van der Waals surface area (Å²) >= 11 is 0. The molecule has 1 fully saturated rings. The van der Waals surface area contributed by atoms with E-state index in [2.05, 4.69) is 0 Å². The van der Waals surface area contributed by atoms with Crippen LogP contribution in [0.25, 0.3) is 10.8 Å². The Labute approximate surface area is 180 Å². The summed E-state index contributed by atoms with van der Waals surface area (Å²) in [6, 6.07) is 2.64. The number of aliphatic hydroxyl groups is 2. The third kappa shape index (κ3) is 2.40. The van der Waals surface area contributed by atoms with E-state index in [1.54, 1.807) is 0 Å². The number of nitrogens with zero attached hydrogens (tertiary/aromatic N) is 1. The van der Waals surface area contributed by atoms with Crippen LogP contribution >= 0.6 is 0 Å². The molecular formula is C21H21N3O8. The van der Waals surface area contributed by atoms with E-state index in [0.717, 1.165) is 0 Å². The van der Waals surface area contributed by atoms with Gasteiger partial charge in [-0.1, -0.05) is 12.1 Å². The molecule has 1 unspecified atom stereocenters. The molecule has 5 atom stereocenters. The average Bonchev–Trinajstić information content (AvgIpc) is 2.70. The molecule has 2 aromatic carbocycles. The van der Waals surface area contributed by atoms with E-state index in [0.29, 0.717) is 0 Å². The molecule has 11 heteroatoms. The lowest BCUT2D eigenvalue weighted by atomic mass is 9.57. The maximum Gasteiger partial charge on any atom is 0.235 e. The Balaban J connectivity index is 2.12. The second-order valence-corrected chi connectivity index (χ2v) is 8.33. The van der Waals surface area contributed by atoms with Crippen molar-refractivity contribution in [1.82, 2.24) is 4.90 Å². The standard InChI is InChI=1S/C21H21N3O8/c1-24(2)14-12-16(27)9-10(15(26)8-6(13(9)22)4-3-5-7(8)25)18(29)21(12,32)19(30)11(17(14)28)20(23)31/h3-5,11-12,14,16,25-27,32H,22H2,1-2H3,(H2,23,31)/t11?,12-,14+,16+,21+/m1/s1. The van der Waals surface area contributed by atoms with E-state index in [4.69, 9.17) is 11.5 Å². The van der Waals surface area contributed by atoms with E-state index in [-0.39, 0.29) is 22.0 Å². The molecule has 1 amide bonds. The molecule has 2 aliphatic carbocycles. The quantitative estimate of drug-likeness (QED) is 0.182. The van der Waals surface area contributed by atoms with E-state index >= 15 is 0 Å². The number of aromatic hydroxyl groups is 2. The number of phenolic OH excluding ortho intramolecular Hbond substituents is 2. The molecule has 0 bridgehead atoms. The number of phenols is 2. The predicted octanol–water partition coefficient (Wildman–Crippen LogP) is -1.41. The topological polar surface area (TPSA) is 204 Å². The van der Waals surface area contributed by atoms with Crippen LogP contribution in [0.1, 0.15) is 22.0 Å². The molecule has 0 saturated heterocycles. The summed E-state index contributed by atoms with van der Waals surface area (Å²) in [7, 11) is 2.81. The van der Waals surface area contributed by atoms with Crippen molar-refractivity contribution in [2.75, 3.05) is 19.8 Å². The Hall–Kier alpha value is -3.54. The number of amides is 1. The van der Waals surface area contributed by atoms with Gasteiger partial charge in [0.1, 0.15) is 11.5 Å². The third-order valence-corrected chi connectivity index (χ3v) is 6.45. The minimum atomic E-state index is -3.06. The van der Waals surface area contributed by atoms with Gasteiger partial charge < -0.3 is 31.9 Å².